The van der Waals surface area contributed by atoms with E-state index in [2.05, 4.69) is 4.98 Å². The molecule has 0 fully saturated rings. The highest BCUT2D eigenvalue weighted by Gasteiger charge is 2.02. The molecule has 0 aliphatic heterocycles. The first-order chi connectivity index (χ1) is 3.80. The monoisotopic (exact) mass is 167 g/mol. The van der Waals surface area contributed by atoms with Crippen molar-refractivity contribution >= 4 is 34.5 Å². The van der Waals surface area contributed by atoms with Crippen molar-refractivity contribution < 1.29 is 0 Å². The van der Waals surface area contributed by atoms with Gasteiger partial charge in [0.05, 0.1) is 11.2 Å². The summed E-state index contributed by atoms with van der Waals surface area (Å²) in [5.41, 5.74) is 2.44. The summed E-state index contributed by atoms with van der Waals surface area (Å²) in [5.74, 6) is 0. The van der Waals surface area contributed by atoms with E-state index in [1.807, 2.05) is 5.38 Å². The summed E-state index contributed by atoms with van der Waals surface area (Å²) in [6.45, 7) is 0. The van der Waals surface area contributed by atoms with Gasteiger partial charge in [-0.25, -0.2) is 4.98 Å². The molecule has 0 unspecified atom stereocenters. The van der Waals surface area contributed by atoms with E-state index in [4.69, 9.17) is 23.2 Å². The summed E-state index contributed by atoms with van der Waals surface area (Å²) in [7, 11) is 0. The molecule has 0 aliphatic carbocycles. The average molecular weight is 168 g/mol. The van der Waals surface area contributed by atoms with Crippen molar-refractivity contribution in [2.24, 2.45) is 0 Å². The van der Waals surface area contributed by atoms with Crippen molar-refractivity contribution in [2.45, 2.75) is 4.84 Å². The fourth-order valence-corrected chi connectivity index (χ4v) is 1.30. The minimum atomic E-state index is -0.471. The molecule has 0 amide bonds. The Bertz CT molecular complexity index is 149. The lowest BCUT2D eigenvalue weighted by Gasteiger charge is -1.89. The second-order valence-corrected chi connectivity index (χ2v) is 3.03. The molecule has 4 heteroatoms. The van der Waals surface area contributed by atoms with Crippen molar-refractivity contribution in [1.82, 2.24) is 4.98 Å². The van der Waals surface area contributed by atoms with Crippen LogP contribution in [-0.2, 0) is 0 Å². The zero-order valence-corrected chi connectivity index (χ0v) is 6.17. The first-order valence-electron chi connectivity index (χ1n) is 1.97. The standard InChI is InChI=1S/C4H3Cl2NS/c5-4(6)3-1-8-2-7-3/h1-2,4H. The molecule has 0 bridgehead atoms. The van der Waals surface area contributed by atoms with E-state index < -0.39 is 4.84 Å². The number of hydrogen-bond donors (Lipinski definition) is 0. The molecule has 8 heavy (non-hydrogen) atoms. The van der Waals surface area contributed by atoms with E-state index in [-0.39, 0.29) is 0 Å². The number of halogens is 2. The second-order valence-electron chi connectivity index (χ2n) is 1.21. The van der Waals surface area contributed by atoms with Crippen LogP contribution in [-0.4, -0.2) is 4.98 Å². The Morgan fingerprint density at radius 1 is 1.62 bits per heavy atom. The molecule has 0 saturated carbocycles. The first kappa shape index (κ1) is 6.33. The molecule has 0 aromatic carbocycles. The van der Waals surface area contributed by atoms with Gasteiger partial charge < -0.3 is 0 Å². The average Bonchev–Trinajstić information content (AvgIpc) is 2.12. The van der Waals surface area contributed by atoms with E-state index in [0.29, 0.717) is 0 Å². The van der Waals surface area contributed by atoms with Crippen molar-refractivity contribution in [2.75, 3.05) is 0 Å². The Labute approximate surface area is 61.3 Å². The molecular formula is C4H3Cl2NS. The van der Waals surface area contributed by atoms with Crippen LogP contribution in [0.5, 0.6) is 0 Å². The lowest BCUT2D eigenvalue weighted by Crippen LogP contribution is -1.76. The van der Waals surface area contributed by atoms with Crippen LogP contribution in [0.15, 0.2) is 10.9 Å². The lowest BCUT2D eigenvalue weighted by molar-refractivity contribution is 1.20. The van der Waals surface area contributed by atoms with Crippen LogP contribution < -0.4 is 0 Å². The summed E-state index contributed by atoms with van der Waals surface area (Å²) in [5, 5.41) is 1.82. The van der Waals surface area contributed by atoms with Crippen LogP contribution in [0.3, 0.4) is 0 Å². The van der Waals surface area contributed by atoms with Crippen LogP contribution >= 0.6 is 34.5 Å². The highest BCUT2D eigenvalue weighted by Crippen LogP contribution is 2.23. The fourth-order valence-electron chi connectivity index (χ4n) is 0.330. The molecule has 0 radical (unpaired) electrons. The van der Waals surface area contributed by atoms with Gasteiger partial charge in [-0.2, -0.15) is 0 Å². The number of alkyl halides is 2. The molecule has 0 N–H and O–H groups in total. The number of hydrogen-bond acceptors (Lipinski definition) is 2. The van der Waals surface area contributed by atoms with Crippen molar-refractivity contribution in [3.05, 3.63) is 16.6 Å². The normalized spacial score (nSPS) is 10.4. The molecule has 1 aromatic rings. The van der Waals surface area contributed by atoms with Gasteiger partial charge in [-0.05, 0) is 0 Å². The Hall–Kier alpha value is 0.210. The number of rotatable bonds is 1. The predicted octanol–water partition coefficient (Wildman–Crippen LogP) is 2.62. The Morgan fingerprint density at radius 2 is 2.38 bits per heavy atom. The van der Waals surface area contributed by atoms with Crippen molar-refractivity contribution in [3.63, 3.8) is 0 Å². The van der Waals surface area contributed by atoms with Crippen LogP contribution in [0.25, 0.3) is 0 Å². The molecule has 1 heterocycles. The first-order valence-corrected chi connectivity index (χ1v) is 3.78. The number of nitrogens with zero attached hydrogens (tertiary/aromatic N) is 1. The van der Waals surface area contributed by atoms with E-state index in [1.54, 1.807) is 5.51 Å². The third kappa shape index (κ3) is 1.34. The molecule has 44 valence electrons. The highest BCUT2D eigenvalue weighted by molar-refractivity contribution is 7.07. The predicted molar refractivity (Wildman–Crippen MR) is 36.6 cm³/mol. The van der Waals surface area contributed by atoms with Crippen LogP contribution in [0.2, 0.25) is 0 Å². The molecule has 1 nitrogen and oxygen atoms in total. The largest absolute Gasteiger partial charge is 0.247 e. The number of thiazole rings is 1. The molecule has 0 aliphatic rings. The molecule has 0 spiro atoms. The summed E-state index contributed by atoms with van der Waals surface area (Å²) in [4.78, 5) is 3.40. The lowest BCUT2D eigenvalue weighted by atomic mass is 10.6. The smallest absolute Gasteiger partial charge is 0.150 e. The number of aromatic nitrogens is 1. The van der Waals surface area contributed by atoms with Gasteiger partial charge in [-0.15, -0.1) is 11.3 Å². The van der Waals surface area contributed by atoms with Gasteiger partial charge in [0.15, 0.2) is 0 Å². The Morgan fingerprint density at radius 3 is 2.62 bits per heavy atom. The van der Waals surface area contributed by atoms with E-state index in [9.17, 15) is 0 Å². The highest BCUT2D eigenvalue weighted by atomic mass is 35.5. The van der Waals surface area contributed by atoms with Gasteiger partial charge in [0.25, 0.3) is 0 Å². The maximum absolute atomic E-state index is 5.45. The fraction of sp³-hybridized carbons (Fsp3) is 0.250. The van der Waals surface area contributed by atoms with Crippen LogP contribution in [0.1, 0.15) is 10.5 Å². The van der Waals surface area contributed by atoms with Crippen molar-refractivity contribution in [1.29, 1.82) is 0 Å². The summed E-state index contributed by atoms with van der Waals surface area (Å²) in [6, 6.07) is 0. The minimum absolute atomic E-state index is 0.471. The van der Waals surface area contributed by atoms with Gasteiger partial charge in [-0.1, -0.05) is 23.2 Å². The van der Waals surface area contributed by atoms with Gasteiger partial charge in [0.1, 0.15) is 4.84 Å². The van der Waals surface area contributed by atoms with Gasteiger partial charge in [0.2, 0.25) is 0 Å². The molecular weight excluding hydrogens is 165 g/mol. The van der Waals surface area contributed by atoms with E-state index in [1.165, 1.54) is 11.3 Å². The van der Waals surface area contributed by atoms with Crippen LogP contribution in [0, 0.1) is 0 Å². The van der Waals surface area contributed by atoms with Gasteiger partial charge in [0, 0.05) is 5.38 Å². The summed E-state index contributed by atoms with van der Waals surface area (Å²) < 4.78 is 0. The Balaban J connectivity index is 2.77. The molecule has 0 atom stereocenters. The minimum Gasteiger partial charge on any atom is -0.247 e. The quantitative estimate of drug-likeness (QED) is 0.587. The SMILES string of the molecule is ClC(Cl)c1cscn1. The van der Waals surface area contributed by atoms with E-state index in [0.717, 1.165) is 5.69 Å². The maximum Gasteiger partial charge on any atom is 0.150 e. The second kappa shape index (κ2) is 2.67. The summed E-state index contributed by atoms with van der Waals surface area (Å²) >= 11 is 12.4. The molecule has 0 saturated heterocycles. The zero-order chi connectivity index (χ0) is 5.98. The molecule has 1 aromatic heterocycles. The summed E-state index contributed by atoms with van der Waals surface area (Å²) in [6.07, 6.45) is 0. The molecule has 1 rings (SSSR count). The third-order valence-electron chi connectivity index (χ3n) is 0.675. The maximum atomic E-state index is 5.45. The zero-order valence-electron chi connectivity index (χ0n) is 3.84. The van der Waals surface area contributed by atoms with Crippen LogP contribution in [0.4, 0.5) is 0 Å². The van der Waals surface area contributed by atoms with E-state index >= 15 is 0 Å². The third-order valence-corrected chi connectivity index (χ3v) is 1.73. The van der Waals surface area contributed by atoms with Crippen molar-refractivity contribution in [3.8, 4) is 0 Å². The van der Waals surface area contributed by atoms with Gasteiger partial charge >= 0.3 is 0 Å². The topological polar surface area (TPSA) is 12.9 Å². The Kier molecular flexibility index (Phi) is 2.11. The van der Waals surface area contributed by atoms with Gasteiger partial charge in [-0.3, -0.25) is 0 Å².